The molecule has 1 aromatic rings. The molecule has 7 heteroatoms. The monoisotopic (exact) mass is 419 g/mol. The minimum Gasteiger partial charge on any atom is -0.356 e. The molecule has 1 rings (SSSR count). The van der Waals surface area contributed by atoms with E-state index in [4.69, 9.17) is 0 Å². The molecule has 0 aliphatic carbocycles. The Morgan fingerprint density at radius 3 is 2.59 bits per heavy atom. The maximum absolute atomic E-state index is 11.6. The highest BCUT2D eigenvalue weighted by molar-refractivity contribution is 14.0. The average molecular weight is 419 g/mol. The molecule has 0 spiro atoms. The number of nitrogens with one attached hydrogen (secondary N) is 2. The molecule has 0 saturated carbocycles. The Bertz CT molecular complexity index is 451. The summed E-state index contributed by atoms with van der Waals surface area (Å²) in [4.78, 5) is 21.7. The Balaban J connectivity index is 0.00000441. The van der Waals surface area contributed by atoms with Gasteiger partial charge in [0, 0.05) is 45.5 Å². The van der Waals surface area contributed by atoms with E-state index in [0.717, 1.165) is 31.6 Å². The minimum atomic E-state index is -0.0164. The van der Waals surface area contributed by atoms with Gasteiger partial charge >= 0.3 is 0 Å². The highest BCUT2D eigenvalue weighted by Gasteiger charge is 2.04. The number of rotatable bonds is 7. The van der Waals surface area contributed by atoms with Crippen LogP contribution < -0.4 is 10.6 Å². The molecular formula is C15H26IN5O. The van der Waals surface area contributed by atoms with Crippen molar-refractivity contribution < 1.29 is 4.79 Å². The molecule has 0 unspecified atom stereocenters. The number of aliphatic imine (C=N–C) groups is 1. The van der Waals surface area contributed by atoms with Gasteiger partial charge in [-0.25, -0.2) is 4.99 Å². The Morgan fingerprint density at radius 1 is 1.27 bits per heavy atom. The van der Waals surface area contributed by atoms with Crippen molar-refractivity contribution in [2.45, 2.75) is 19.8 Å². The van der Waals surface area contributed by atoms with E-state index in [1.54, 1.807) is 20.3 Å². The van der Waals surface area contributed by atoms with Crippen molar-refractivity contribution >= 4 is 35.8 Å². The number of hydrogen-bond acceptors (Lipinski definition) is 3. The van der Waals surface area contributed by atoms with E-state index >= 15 is 0 Å². The van der Waals surface area contributed by atoms with Gasteiger partial charge in [-0.05, 0) is 18.6 Å². The molecule has 0 bridgehead atoms. The summed E-state index contributed by atoms with van der Waals surface area (Å²) in [7, 11) is 3.46. The smallest absolute Gasteiger partial charge is 0.243 e. The third kappa shape index (κ3) is 8.81. The average Bonchev–Trinajstić information content (AvgIpc) is 2.50. The third-order valence-corrected chi connectivity index (χ3v) is 2.81. The zero-order valence-electron chi connectivity index (χ0n) is 13.5. The first-order chi connectivity index (χ1) is 10.1. The Morgan fingerprint density at radius 2 is 2.00 bits per heavy atom. The van der Waals surface area contributed by atoms with Crippen LogP contribution in [0.15, 0.2) is 29.4 Å². The van der Waals surface area contributed by atoms with Gasteiger partial charge in [-0.3, -0.25) is 9.78 Å². The number of amides is 1. The van der Waals surface area contributed by atoms with Gasteiger partial charge in [-0.1, -0.05) is 13.0 Å². The second-order valence-electron chi connectivity index (χ2n) is 4.88. The lowest BCUT2D eigenvalue weighted by atomic mass is 10.3. The van der Waals surface area contributed by atoms with Crippen LogP contribution in [-0.2, 0) is 11.2 Å². The first-order valence-electron chi connectivity index (χ1n) is 7.25. The van der Waals surface area contributed by atoms with Crippen LogP contribution in [-0.4, -0.2) is 55.5 Å². The normalized spacial score (nSPS) is 10.6. The van der Waals surface area contributed by atoms with Gasteiger partial charge in [-0.15, -0.1) is 24.0 Å². The Labute approximate surface area is 149 Å². The largest absolute Gasteiger partial charge is 0.356 e. The molecule has 0 atom stereocenters. The summed E-state index contributed by atoms with van der Waals surface area (Å²) in [6.45, 7) is 3.79. The van der Waals surface area contributed by atoms with Gasteiger partial charge in [0.1, 0.15) is 6.54 Å². The van der Waals surface area contributed by atoms with Crippen LogP contribution >= 0.6 is 24.0 Å². The van der Waals surface area contributed by atoms with Crippen molar-refractivity contribution in [3.8, 4) is 0 Å². The molecule has 0 fully saturated rings. The second-order valence-corrected chi connectivity index (χ2v) is 4.88. The summed E-state index contributed by atoms with van der Waals surface area (Å²) in [5.74, 6) is 0.653. The third-order valence-electron chi connectivity index (χ3n) is 2.81. The number of hydrogen-bond donors (Lipinski definition) is 2. The molecule has 22 heavy (non-hydrogen) atoms. The Hall–Kier alpha value is -1.38. The molecule has 1 amide bonds. The Kier molecular flexibility index (Phi) is 11.4. The van der Waals surface area contributed by atoms with Crippen LogP contribution in [0.4, 0.5) is 0 Å². The summed E-state index contributed by atoms with van der Waals surface area (Å²) in [5, 5.41) is 6.42. The summed E-state index contributed by atoms with van der Waals surface area (Å²) in [5.41, 5.74) is 1.03. The molecular weight excluding hydrogens is 393 g/mol. The molecule has 1 aromatic heterocycles. The SMILES string of the molecule is CCCNC(=NCC(=O)N(C)C)NCCc1ccccn1.I. The summed E-state index contributed by atoms with van der Waals surface area (Å²) in [6.07, 6.45) is 3.60. The highest BCUT2D eigenvalue weighted by Crippen LogP contribution is 1.93. The number of guanidine groups is 1. The predicted octanol–water partition coefficient (Wildman–Crippen LogP) is 1.28. The van der Waals surface area contributed by atoms with Crippen molar-refractivity contribution in [2.75, 3.05) is 33.7 Å². The van der Waals surface area contributed by atoms with E-state index in [2.05, 4.69) is 27.5 Å². The molecule has 2 N–H and O–H groups in total. The van der Waals surface area contributed by atoms with Crippen LogP contribution in [0.5, 0.6) is 0 Å². The lowest BCUT2D eigenvalue weighted by Gasteiger charge is -2.13. The zero-order valence-corrected chi connectivity index (χ0v) is 15.8. The van der Waals surface area contributed by atoms with Crippen LogP contribution in [0.1, 0.15) is 19.0 Å². The van der Waals surface area contributed by atoms with Crippen molar-refractivity contribution in [1.29, 1.82) is 0 Å². The molecule has 1 heterocycles. The van der Waals surface area contributed by atoms with E-state index in [1.807, 2.05) is 18.2 Å². The van der Waals surface area contributed by atoms with Gasteiger partial charge in [0.2, 0.25) is 5.91 Å². The summed E-state index contributed by atoms with van der Waals surface area (Å²) >= 11 is 0. The number of carbonyl (C=O) groups is 1. The van der Waals surface area contributed by atoms with E-state index in [0.29, 0.717) is 5.96 Å². The molecule has 0 radical (unpaired) electrons. The second kappa shape index (κ2) is 12.2. The van der Waals surface area contributed by atoms with Crippen LogP contribution in [0.3, 0.4) is 0 Å². The van der Waals surface area contributed by atoms with Gasteiger partial charge in [0.25, 0.3) is 0 Å². The molecule has 0 aromatic carbocycles. The number of halogens is 1. The van der Waals surface area contributed by atoms with E-state index < -0.39 is 0 Å². The molecule has 0 saturated heterocycles. The fraction of sp³-hybridized carbons (Fsp3) is 0.533. The highest BCUT2D eigenvalue weighted by atomic mass is 127. The fourth-order valence-electron chi connectivity index (χ4n) is 1.56. The maximum Gasteiger partial charge on any atom is 0.243 e. The molecule has 0 aliphatic heterocycles. The van der Waals surface area contributed by atoms with Gasteiger partial charge in [0.15, 0.2) is 5.96 Å². The summed E-state index contributed by atoms with van der Waals surface area (Å²) in [6, 6.07) is 5.87. The number of carbonyl (C=O) groups excluding carboxylic acids is 1. The van der Waals surface area contributed by atoms with E-state index in [-0.39, 0.29) is 36.4 Å². The number of likely N-dealkylation sites (N-methyl/N-ethyl adjacent to an activating group) is 1. The molecule has 6 nitrogen and oxygen atoms in total. The molecule has 124 valence electrons. The van der Waals surface area contributed by atoms with Crippen LogP contribution in [0.25, 0.3) is 0 Å². The predicted molar refractivity (Wildman–Crippen MR) is 101 cm³/mol. The van der Waals surface area contributed by atoms with E-state index in [9.17, 15) is 4.79 Å². The van der Waals surface area contributed by atoms with E-state index in [1.165, 1.54) is 4.90 Å². The lowest BCUT2D eigenvalue weighted by Crippen LogP contribution is -2.39. The standard InChI is InChI=1S/C15H25N5O.HI/c1-4-9-17-15(19-12-14(21)20(2)3)18-11-8-13-7-5-6-10-16-13;/h5-7,10H,4,8-9,11-12H2,1-3H3,(H2,17,18,19);1H. The van der Waals surface area contributed by atoms with Gasteiger partial charge in [0.05, 0.1) is 0 Å². The zero-order chi connectivity index (χ0) is 15.5. The van der Waals surface area contributed by atoms with Crippen LogP contribution in [0.2, 0.25) is 0 Å². The van der Waals surface area contributed by atoms with Crippen molar-refractivity contribution in [1.82, 2.24) is 20.5 Å². The van der Waals surface area contributed by atoms with Crippen molar-refractivity contribution in [2.24, 2.45) is 4.99 Å². The van der Waals surface area contributed by atoms with Crippen molar-refractivity contribution in [3.05, 3.63) is 30.1 Å². The van der Waals surface area contributed by atoms with Crippen LogP contribution in [0, 0.1) is 0 Å². The number of aromatic nitrogens is 1. The number of pyridine rings is 1. The van der Waals surface area contributed by atoms with Gasteiger partial charge < -0.3 is 15.5 Å². The fourth-order valence-corrected chi connectivity index (χ4v) is 1.56. The summed E-state index contributed by atoms with van der Waals surface area (Å²) < 4.78 is 0. The first-order valence-corrected chi connectivity index (χ1v) is 7.25. The number of nitrogens with zero attached hydrogens (tertiary/aromatic N) is 3. The maximum atomic E-state index is 11.6. The van der Waals surface area contributed by atoms with Gasteiger partial charge in [-0.2, -0.15) is 0 Å². The molecule has 0 aliphatic rings. The topological polar surface area (TPSA) is 69.6 Å². The lowest BCUT2D eigenvalue weighted by molar-refractivity contribution is -0.127. The van der Waals surface area contributed by atoms with Crippen molar-refractivity contribution in [3.63, 3.8) is 0 Å². The first kappa shape index (κ1) is 20.6. The quantitative estimate of drug-likeness (QED) is 0.397. The minimum absolute atomic E-state index is 0.